The van der Waals surface area contributed by atoms with Crippen molar-refractivity contribution in [1.82, 2.24) is 10.6 Å². The smallest absolute Gasteiger partial charge is 0.414 e. The zero-order valence-corrected chi connectivity index (χ0v) is 34.8. The molecule has 0 saturated heterocycles. The van der Waals surface area contributed by atoms with Crippen LogP contribution in [0.1, 0.15) is 182 Å². The van der Waals surface area contributed by atoms with E-state index in [4.69, 9.17) is 38.7 Å². The van der Waals surface area contributed by atoms with Crippen molar-refractivity contribution in [2.24, 2.45) is 0 Å². The molecule has 314 valence electrons. The van der Waals surface area contributed by atoms with Crippen LogP contribution < -0.4 is 10.6 Å². The molecule has 0 aromatic heterocycles. The summed E-state index contributed by atoms with van der Waals surface area (Å²) in [5.74, 6) is -3.65. The predicted octanol–water partition coefficient (Wildman–Crippen LogP) is 9.82. The van der Waals surface area contributed by atoms with Gasteiger partial charge in [-0.1, -0.05) is 156 Å². The first-order valence-electron chi connectivity index (χ1n) is 21.7. The minimum absolute atomic E-state index is 0.826. The molecule has 0 aromatic rings. The monoisotopic (exact) mass is 749 g/mol. The lowest BCUT2D eigenvalue weighted by atomic mass is 10.1. The van der Waals surface area contributed by atoms with Gasteiger partial charge in [0.05, 0.1) is 26.4 Å². The number of carboxylic acids is 2. The van der Waals surface area contributed by atoms with E-state index in [-0.39, 0.29) is 0 Å². The fourth-order valence-corrected chi connectivity index (χ4v) is 5.17. The minimum Gasteiger partial charge on any atom is -0.473 e. The van der Waals surface area contributed by atoms with Gasteiger partial charge in [-0.05, 0) is 25.7 Å². The third-order valence-corrected chi connectivity index (χ3v) is 8.44. The molecule has 0 rings (SSSR count). The van der Waals surface area contributed by atoms with Gasteiger partial charge in [-0.2, -0.15) is 0 Å². The minimum atomic E-state index is -1.82. The van der Waals surface area contributed by atoms with Gasteiger partial charge in [-0.25, -0.2) is 9.59 Å². The molecule has 0 aromatic carbocycles. The lowest BCUT2D eigenvalue weighted by Gasteiger charge is -2.07. The predicted molar refractivity (Wildman–Crippen MR) is 218 cm³/mol. The third-order valence-electron chi connectivity index (χ3n) is 8.44. The maximum absolute atomic E-state index is 9.10. The van der Waals surface area contributed by atoms with Crippen molar-refractivity contribution < 1.29 is 38.7 Å². The van der Waals surface area contributed by atoms with Crippen LogP contribution in [0, 0.1) is 0 Å². The van der Waals surface area contributed by atoms with Crippen LogP contribution in [0.5, 0.6) is 0 Å². The molecule has 0 amide bonds. The summed E-state index contributed by atoms with van der Waals surface area (Å²) in [6, 6.07) is 0. The van der Waals surface area contributed by atoms with E-state index in [2.05, 4.69) is 38.3 Å². The number of aliphatic carboxylic acids is 2. The molecule has 0 spiro atoms. The van der Waals surface area contributed by atoms with Crippen molar-refractivity contribution >= 4 is 11.9 Å². The molecule has 4 N–H and O–H groups in total. The van der Waals surface area contributed by atoms with Crippen LogP contribution in [0.3, 0.4) is 0 Å². The molecule has 0 bridgehead atoms. The van der Waals surface area contributed by atoms with Crippen LogP contribution in [-0.4, -0.2) is 101 Å². The summed E-state index contributed by atoms with van der Waals surface area (Å²) in [5, 5.41) is 21.5. The number of carboxylic acid groups (broad SMARTS) is 2. The Hall–Kier alpha value is -1.30. The highest BCUT2D eigenvalue weighted by atomic mass is 16.5. The summed E-state index contributed by atoms with van der Waals surface area (Å²) in [4.78, 5) is 18.2. The van der Waals surface area contributed by atoms with Gasteiger partial charge < -0.3 is 39.8 Å². The molecule has 10 heteroatoms. The largest absolute Gasteiger partial charge is 0.473 e. The van der Waals surface area contributed by atoms with Crippen LogP contribution in [-0.2, 0) is 28.5 Å². The van der Waals surface area contributed by atoms with E-state index in [1.807, 2.05) is 0 Å². The molecule has 0 heterocycles. The molecule has 0 radical (unpaired) electrons. The molecule has 0 aliphatic rings. The Morgan fingerprint density at radius 3 is 0.712 bits per heavy atom. The molecule has 0 atom stereocenters. The van der Waals surface area contributed by atoms with Crippen molar-refractivity contribution in [3.8, 4) is 0 Å². The number of rotatable bonds is 40. The van der Waals surface area contributed by atoms with Gasteiger partial charge in [0.1, 0.15) is 0 Å². The van der Waals surface area contributed by atoms with E-state index in [1.54, 1.807) is 0 Å². The average Bonchev–Trinajstić information content (AvgIpc) is 3.14. The summed E-state index contributed by atoms with van der Waals surface area (Å²) in [7, 11) is 0. The van der Waals surface area contributed by atoms with Gasteiger partial charge in [0.25, 0.3) is 0 Å². The molecule has 0 aliphatic heterocycles. The molecule has 10 nitrogen and oxygen atoms in total. The van der Waals surface area contributed by atoms with Crippen LogP contribution >= 0.6 is 0 Å². The Morgan fingerprint density at radius 1 is 0.327 bits per heavy atom. The zero-order chi connectivity index (χ0) is 38.9. The summed E-state index contributed by atoms with van der Waals surface area (Å²) >= 11 is 0. The number of ether oxygens (including phenoxy) is 4. The van der Waals surface area contributed by atoms with Crippen molar-refractivity contribution in [2.75, 3.05) is 79.0 Å². The van der Waals surface area contributed by atoms with Gasteiger partial charge in [0.15, 0.2) is 0 Å². The molecular formula is C42H88N2O8. The highest BCUT2D eigenvalue weighted by Crippen LogP contribution is 2.07. The van der Waals surface area contributed by atoms with Crippen LogP contribution in [0.4, 0.5) is 0 Å². The quantitative estimate of drug-likeness (QED) is 0.0354. The summed E-state index contributed by atoms with van der Waals surface area (Å²) in [6.45, 7) is 19.8. The Bertz CT molecular complexity index is 563. The molecule has 52 heavy (non-hydrogen) atoms. The molecule has 0 aliphatic carbocycles. The van der Waals surface area contributed by atoms with Gasteiger partial charge in [-0.15, -0.1) is 0 Å². The van der Waals surface area contributed by atoms with Crippen LogP contribution in [0.2, 0.25) is 0 Å². The van der Waals surface area contributed by atoms with Gasteiger partial charge >= 0.3 is 11.9 Å². The van der Waals surface area contributed by atoms with E-state index in [1.165, 1.54) is 154 Å². The Labute approximate surface area is 321 Å². The Kier molecular flexibility index (Phi) is 57.2. The lowest BCUT2D eigenvalue weighted by Crippen LogP contribution is -2.24. The van der Waals surface area contributed by atoms with Gasteiger partial charge in [0, 0.05) is 52.6 Å². The molecule has 0 fully saturated rings. The van der Waals surface area contributed by atoms with Crippen LogP contribution in [0.25, 0.3) is 0 Å². The standard InChI is InChI=1S/2C20H43NO2.C2H2O4/c2*1-3-5-7-9-11-13-17-22-19-15-21-16-20-23-18-14-12-10-8-6-4-2;3-1(4)2(5)6/h2*21H,3-20H2,1-2H3;(H,3,4)(H,5,6). The normalized spacial score (nSPS) is 10.8. The average molecular weight is 749 g/mol. The maximum atomic E-state index is 9.10. The van der Waals surface area contributed by atoms with Crippen molar-refractivity contribution in [2.45, 2.75) is 182 Å². The number of nitrogens with one attached hydrogen (secondary N) is 2. The molecule has 0 unspecified atom stereocenters. The van der Waals surface area contributed by atoms with Gasteiger partial charge in [-0.3, -0.25) is 0 Å². The van der Waals surface area contributed by atoms with E-state index in [0.717, 1.165) is 79.0 Å². The Balaban J connectivity index is -0.000000797. The zero-order valence-electron chi connectivity index (χ0n) is 34.8. The molecule has 0 saturated carbocycles. The first-order valence-corrected chi connectivity index (χ1v) is 21.7. The highest BCUT2D eigenvalue weighted by Gasteiger charge is 2.04. The van der Waals surface area contributed by atoms with Crippen molar-refractivity contribution in [3.05, 3.63) is 0 Å². The van der Waals surface area contributed by atoms with Crippen LogP contribution in [0.15, 0.2) is 0 Å². The second-order valence-corrected chi connectivity index (χ2v) is 13.6. The topological polar surface area (TPSA) is 136 Å². The summed E-state index contributed by atoms with van der Waals surface area (Å²) in [5.41, 5.74) is 0. The second-order valence-electron chi connectivity index (χ2n) is 13.6. The Morgan fingerprint density at radius 2 is 0.519 bits per heavy atom. The number of carbonyl (C=O) groups is 2. The number of hydrogen-bond acceptors (Lipinski definition) is 8. The highest BCUT2D eigenvalue weighted by molar-refractivity contribution is 6.27. The van der Waals surface area contributed by atoms with E-state index in [0.29, 0.717) is 0 Å². The first kappa shape index (κ1) is 55.0. The van der Waals surface area contributed by atoms with E-state index in [9.17, 15) is 0 Å². The number of hydrogen-bond donors (Lipinski definition) is 4. The third kappa shape index (κ3) is 60.8. The van der Waals surface area contributed by atoms with Crippen molar-refractivity contribution in [3.63, 3.8) is 0 Å². The maximum Gasteiger partial charge on any atom is 0.414 e. The first-order chi connectivity index (χ1) is 25.5. The number of unbranched alkanes of at least 4 members (excludes halogenated alkanes) is 20. The second kappa shape index (κ2) is 54.0. The summed E-state index contributed by atoms with van der Waals surface area (Å²) in [6.07, 6.45) is 32.0. The van der Waals surface area contributed by atoms with E-state index < -0.39 is 11.9 Å². The van der Waals surface area contributed by atoms with Gasteiger partial charge in [0.2, 0.25) is 0 Å². The van der Waals surface area contributed by atoms with E-state index >= 15 is 0 Å². The SMILES string of the molecule is CCCCCCCCOCCNCCOCCCCCCCC.CCCCCCCCOCCNCCOCCCCCCCC.O=C(O)C(=O)O. The lowest BCUT2D eigenvalue weighted by molar-refractivity contribution is -0.159. The summed E-state index contributed by atoms with van der Waals surface area (Å²) < 4.78 is 22.5. The fourth-order valence-electron chi connectivity index (χ4n) is 5.17. The van der Waals surface area contributed by atoms with Crippen molar-refractivity contribution in [1.29, 1.82) is 0 Å². The molecular weight excluding hydrogens is 660 g/mol. The fraction of sp³-hybridized carbons (Fsp3) is 0.952.